The lowest BCUT2D eigenvalue weighted by atomic mass is 10.1. The number of pyridine rings is 1. The minimum absolute atomic E-state index is 0.801. The quantitative estimate of drug-likeness (QED) is 0.158. The molecule has 7 aromatic carbocycles. The second-order valence-electron chi connectivity index (χ2n) is 11.2. The van der Waals surface area contributed by atoms with Crippen molar-refractivity contribution in [1.29, 1.82) is 0 Å². The molecular weight excluding hydrogens is 543 g/mol. The van der Waals surface area contributed by atoms with Crippen LogP contribution in [0.1, 0.15) is 0 Å². The first-order valence-corrected chi connectivity index (χ1v) is 16.2. The van der Waals surface area contributed by atoms with Gasteiger partial charge in [-0.15, -0.1) is 0 Å². The molecule has 0 aliphatic carbocycles. The number of fused-ring (bicyclic) bond motifs is 10. The second kappa shape index (κ2) is 9.13. The predicted octanol–water partition coefficient (Wildman–Crippen LogP) is 8.74. The van der Waals surface area contributed by atoms with E-state index in [2.05, 4.69) is 114 Å². The molecule has 0 radical (unpaired) electrons. The van der Waals surface area contributed by atoms with Crippen LogP contribution in [-0.2, 0) is 4.57 Å². The second-order valence-corrected chi connectivity index (χ2v) is 13.9. The lowest BCUT2D eigenvalue weighted by molar-refractivity contribution is 0.592. The van der Waals surface area contributed by atoms with Gasteiger partial charge in [0, 0.05) is 26.7 Å². The van der Waals surface area contributed by atoms with Crippen LogP contribution in [0.3, 0.4) is 0 Å². The lowest BCUT2D eigenvalue weighted by Crippen LogP contribution is -2.25. The fourth-order valence-corrected chi connectivity index (χ4v) is 9.39. The van der Waals surface area contributed by atoms with E-state index in [1.54, 1.807) is 0 Å². The average Bonchev–Trinajstić information content (AvgIpc) is 3.47. The van der Waals surface area contributed by atoms with Crippen LogP contribution in [0.25, 0.3) is 59.9 Å². The van der Waals surface area contributed by atoms with Crippen molar-refractivity contribution >= 4 is 83.0 Å². The maximum absolute atomic E-state index is 15.9. The Morgan fingerprint density at radius 2 is 0.977 bits per heavy atom. The molecule has 9 aromatic rings. The van der Waals surface area contributed by atoms with Crippen molar-refractivity contribution in [1.82, 2.24) is 9.38 Å². The lowest BCUT2D eigenvalue weighted by Gasteiger charge is -2.22. The summed E-state index contributed by atoms with van der Waals surface area (Å²) in [6.07, 6.45) is 0. The summed E-state index contributed by atoms with van der Waals surface area (Å²) in [6, 6.07) is 52.1. The number of para-hydroxylation sites is 3. The van der Waals surface area contributed by atoms with E-state index >= 15 is 4.57 Å². The molecule has 0 aliphatic rings. The van der Waals surface area contributed by atoms with E-state index in [9.17, 15) is 0 Å². The van der Waals surface area contributed by atoms with Crippen molar-refractivity contribution in [3.05, 3.63) is 152 Å². The monoisotopic (exact) mass is 568 g/mol. The number of aromatic nitrogens is 2. The molecule has 0 aliphatic heterocycles. The average molecular weight is 569 g/mol. The van der Waals surface area contributed by atoms with E-state index in [1.165, 1.54) is 0 Å². The number of hydrogen-bond donors (Lipinski definition) is 0. The fourth-order valence-electron chi connectivity index (χ4n) is 6.69. The Kier molecular flexibility index (Phi) is 5.17. The van der Waals surface area contributed by atoms with Gasteiger partial charge in [-0.25, -0.2) is 4.98 Å². The van der Waals surface area contributed by atoms with Gasteiger partial charge in [0.25, 0.3) is 0 Å². The van der Waals surface area contributed by atoms with E-state index in [4.69, 9.17) is 4.98 Å². The van der Waals surface area contributed by atoms with Crippen LogP contribution in [0.2, 0.25) is 0 Å². The molecule has 0 bridgehead atoms. The number of nitrogens with zero attached hydrogens (tertiary/aromatic N) is 2. The normalized spacial score (nSPS) is 12.3. The molecule has 2 aromatic heterocycles. The van der Waals surface area contributed by atoms with Crippen LogP contribution in [0.15, 0.2) is 152 Å². The number of rotatable bonds is 3. The zero-order valence-corrected chi connectivity index (χ0v) is 24.1. The molecular formula is C39H25N2OP. The number of hydrogen-bond acceptors (Lipinski definition) is 2. The molecule has 0 fully saturated rings. The van der Waals surface area contributed by atoms with E-state index in [0.29, 0.717) is 0 Å². The van der Waals surface area contributed by atoms with Crippen LogP contribution < -0.4 is 15.9 Å². The third kappa shape index (κ3) is 3.56. The van der Waals surface area contributed by atoms with Crippen LogP contribution in [0.4, 0.5) is 0 Å². The first-order chi connectivity index (χ1) is 21.2. The van der Waals surface area contributed by atoms with Gasteiger partial charge in [0.15, 0.2) is 7.14 Å². The first kappa shape index (κ1) is 24.4. The summed E-state index contributed by atoms with van der Waals surface area (Å²) >= 11 is 0. The van der Waals surface area contributed by atoms with Crippen LogP contribution in [0, 0.1) is 0 Å². The minimum atomic E-state index is -3.30. The first-order valence-electron chi connectivity index (χ1n) is 14.5. The van der Waals surface area contributed by atoms with Crippen molar-refractivity contribution in [2.45, 2.75) is 0 Å². The van der Waals surface area contributed by atoms with E-state index in [-0.39, 0.29) is 0 Å². The Hall–Kier alpha value is -5.24. The maximum Gasteiger partial charge on any atom is 0.171 e. The molecule has 0 N–H and O–H groups in total. The van der Waals surface area contributed by atoms with Gasteiger partial charge in [-0.2, -0.15) is 0 Å². The summed E-state index contributed by atoms with van der Waals surface area (Å²) in [4.78, 5) is 5.12. The third-order valence-electron chi connectivity index (χ3n) is 8.80. The summed E-state index contributed by atoms with van der Waals surface area (Å²) < 4.78 is 18.1. The molecule has 2 heterocycles. The molecule has 0 amide bonds. The SMILES string of the molecule is O=P(c1ccc2ccccc2c1)(c1ccc2ccccc2c1)c1ccc2c3ccccc3n3c4ccccc4nc3c2c1. The Balaban J connectivity index is 1.40. The fraction of sp³-hybridized carbons (Fsp3) is 0. The highest BCUT2D eigenvalue weighted by molar-refractivity contribution is 7.85. The van der Waals surface area contributed by atoms with Gasteiger partial charge >= 0.3 is 0 Å². The highest BCUT2D eigenvalue weighted by Crippen LogP contribution is 2.45. The predicted molar refractivity (Wildman–Crippen MR) is 182 cm³/mol. The topological polar surface area (TPSA) is 34.4 Å². The van der Waals surface area contributed by atoms with Gasteiger partial charge < -0.3 is 4.57 Å². The number of imidazole rings is 1. The van der Waals surface area contributed by atoms with Crippen molar-refractivity contribution in [3.63, 3.8) is 0 Å². The molecule has 0 spiro atoms. The minimum Gasteiger partial charge on any atom is -0.309 e. The molecule has 43 heavy (non-hydrogen) atoms. The summed E-state index contributed by atoms with van der Waals surface area (Å²) in [5, 5.41) is 10.1. The van der Waals surface area contributed by atoms with Gasteiger partial charge in [0.1, 0.15) is 5.65 Å². The molecule has 0 atom stereocenters. The Bertz CT molecular complexity index is 2530. The van der Waals surface area contributed by atoms with E-state index in [1.807, 2.05) is 42.5 Å². The highest BCUT2D eigenvalue weighted by atomic mass is 31.2. The van der Waals surface area contributed by atoms with Gasteiger partial charge in [-0.1, -0.05) is 115 Å². The van der Waals surface area contributed by atoms with Gasteiger partial charge in [0.05, 0.1) is 16.6 Å². The zero-order chi connectivity index (χ0) is 28.5. The van der Waals surface area contributed by atoms with Crippen molar-refractivity contribution in [2.24, 2.45) is 0 Å². The van der Waals surface area contributed by atoms with Crippen molar-refractivity contribution in [2.75, 3.05) is 0 Å². The van der Waals surface area contributed by atoms with Crippen LogP contribution in [-0.4, -0.2) is 9.38 Å². The zero-order valence-electron chi connectivity index (χ0n) is 23.2. The smallest absolute Gasteiger partial charge is 0.171 e. The van der Waals surface area contributed by atoms with Gasteiger partial charge in [-0.3, -0.25) is 4.40 Å². The maximum atomic E-state index is 15.9. The van der Waals surface area contributed by atoms with Crippen LogP contribution >= 0.6 is 7.14 Å². The van der Waals surface area contributed by atoms with Crippen LogP contribution in [0.5, 0.6) is 0 Å². The standard InChI is InChI=1S/C39H25N2OP/c42-43(30-19-17-26-9-1-3-11-28(26)23-30,31-20-18-27-10-2-4-12-29(27)24-31)32-21-22-33-34-13-5-7-15-37(34)41-38-16-8-6-14-36(38)40-39(41)35(33)25-32/h1-25H. The molecule has 3 nitrogen and oxygen atoms in total. The summed E-state index contributed by atoms with van der Waals surface area (Å²) in [7, 11) is -3.30. The molecule has 4 heteroatoms. The van der Waals surface area contributed by atoms with E-state index in [0.717, 1.165) is 75.8 Å². The van der Waals surface area contributed by atoms with Crippen molar-refractivity contribution < 1.29 is 4.57 Å². The molecule has 9 rings (SSSR count). The largest absolute Gasteiger partial charge is 0.309 e. The summed E-state index contributed by atoms with van der Waals surface area (Å²) in [5.41, 5.74) is 3.99. The summed E-state index contributed by atoms with van der Waals surface area (Å²) in [5.74, 6) is 0. The highest BCUT2D eigenvalue weighted by Gasteiger charge is 2.31. The van der Waals surface area contributed by atoms with E-state index < -0.39 is 7.14 Å². The Labute approximate surface area is 248 Å². The summed E-state index contributed by atoms with van der Waals surface area (Å²) in [6.45, 7) is 0. The Morgan fingerprint density at radius 1 is 0.442 bits per heavy atom. The van der Waals surface area contributed by atoms with Gasteiger partial charge in [-0.05, 0) is 63.3 Å². The Morgan fingerprint density at radius 3 is 1.67 bits per heavy atom. The van der Waals surface area contributed by atoms with Crippen molar-refractivity contribution in [3.8, 4) is 0 Å². The molecule has 0 saturated carbocycles. The molecule has 0 saturated heterocycles. The molecule has 0 unspecified atom stereocenters. The van der Waals surface area contributed by atoms with Gasteiger partial charge in [0.2, 0.25) is 0 Å². The molecule has 202 valence electrons. The number of benzene rings is 7. The third-order valence-corrected chi connectivity index (χ3v) is 11.8.